The van der Waals surface area contributed by atoms with E-state index in [1.165, 1.54) is 24.8 Å². The van der Waals surface area contributed by atoms with E-state index < -0.39 is 5.79 Å². The highest BCUT2D eigenvalue weighted by molar-refractivity contribution is 5.89. The predicted octanol–water partition coefficient (Wildman–Crippen LogP) is 3.98. The van der Waals surface area contributed by atoms with Gasteiger partial charge in [0.15, 0.2) is 0 Å². The lowest BCUT2D eigenvalue weighted by molar-refractivity contribution is -0.228. The molecular weight excluding hydrogens is 308 g/mol. The second-order valence-electron chi connectivity index (χ2n) is 6.91. The van der Waals surface area contributed by atoms with Crippen LogP contribution in [0.2, 0.25) is 0 Å². The molecule has 0 aromatic heterocycles. The minimum atomic E-state index is -0.716. The van der Waals surface area contributed by atoms with Gasteiger partial charge in [-0.1, -0.05) is 12.5 Å². The Hall–Kier alpha value is -1.33. The molecule has 3 aliphatic rings. The maximum Gasteiger partial charge on any atom is 0.340 e. The molecule has 1 heterocycles. The van der Waals surface area contributed by atoms with Crippen LogP contribution in [0.15, 0.2) is 23.5 Å². The summed E-state index contributed by atoms with van der Waals surface area (Å²) in [6.07, 6.45) is 13.5. The van der Waals surface area contributed by atoms with Gasteiger partial charge >= 0.3 is 5.97 Å². The Labute approximate surface area is 144 Å². The maximum atomic E-state index is 12.5. The van der Waals surface area contributed by atoms with E-state index in [0.717, 1.165) is 38.5 Å². The third-order valence-corrected chi connectivity index (χ3v) is 5.10. The number of esters is 1. The van der Waals surface area contributed by atoms with Crippen molar-refractivity contribution in [1.29, 1.82) is 0 Å². The van der Waals surface area contributed by atoms with Crippen LogP contribution in [-0.4, -0.2) is 31.8 Å². The van der Waals surface area contributed by atoms with Crippen LogP contribution in [0.3, 0.4) is 0 Å². The van der Waals surface area contributed by atoms with Crippen molar-refractivity contribution < 1.29 is 23.7 Å². The van der Waals surface area contributed by atoms with E-state index in [1.807, 2.05) is 0 Å². The molecule has 1 spiro atoms. The molecule has 1 saturated carbocycles. The van der Waals surface area contributed by atoms with E-state index in [2.05, 4.69) is 6.08 Å². The molecule has 0 N–H and O–H groups in total. The molecule has 0 amide bonds. The minimum absolute atomic E-state index is 0.145. The van der Waals surface area contributed by atoms with Crippen molar-refractivity contribution in [3.05, 3.63) is 23.5 Å². The summed E-state index contributed by atoms with van der Waals surface area (Å²) in [7, 11) is 1.61. The van der Waals surface area contributed by atoms with Crippen LogP contribution in [0.5, 0.6) is 0 Å². The molecule has 134 valence electrons. The molecule has 24 heavy (non-hydrogen) atoms. The molecule has 0 radical (unpaired) electrons. The normalized spacial score (nSPS) is 24.6. The van der Waals surface area contributed by atoms with Gasteiger partial charge in [0, 0.05) is 26.4 Å². The highest BCUT2D eigenvalue weighted by Crippen LogP contribution is 2.37. The third-order valence-electron chi connectivity index (χ3n) is 5.10. The summed E-state index contributed by atoms with van der Waals surface area (Å²) in [6, 6.07) is 0. The molecule has 0 aromatic carbocycles. The van der Waals surface area contributed by atoms with Crippen LogP contribution in [0.4, 0.5) is 0 Å². The fraction of sp³-hybridized carbons (Fsp3) is 0.737. The van der Waals surface area contributed by atoms with Gasteiger partial charge in [0.2, 0.25) is 0 Å². The smallest absolute Gasteiger partial charge is 0.340 e. The second kappa shape index (κ2) is 8.17. The van der Waals surface area contributed by atoms with Gasteiger partial charge < -0.3 is 18.9 Å². The Morgan fingerprint density at radius 2 is 2.04 bits per heavy atom. The lowest BCUT2D eigenvalue weighted by Crippen LogP contribution is -2.42. The lowest BCUT2D eigenvalue weighted by Gasteiger charge is -2.38. The van der Waals surface area contributed by atoms with Crippen LogP contribution >= 0.6 is 0 Å². The summed E-state index contributed by atoms with van der Waals surface area (Å²) < 4.78 is 22.4. The molecule has 0 saturated heterocycles. The van der Waals surface area contributed by atoms with Crippen LogP contribution in [-0.2, 0) is 23.7 Å². The summed E-state index contributed by atoms with van der Waals surface area (Å²) in [4.78, 5) is 12.5. The molecule has 0 aromatic rings. The number of carbonyl (C=O) groups is 1. The Bertz CT molecular complexity index is 502. The fourth-order valence-corrected chi connectivity index (χ4v) is 3.73. The van der Waals surface area contributed by atoms with Crippen LogP contribution in [0.1, 0.15) is 64.2 Å². The van der Waals surface area contributed by atoms with Gasteiger partial charge in [-0.25, -0.2) is 4.79 Å². The molecule has 1 atom stereocenters. The maximum absolute atomic E-state index is 12.5. The number of allylic oxidation sites excluding steroid dienone is 1. The Balaban J connectivity index is 1.67. The first-order valence-electron chi connectivity index (χ1n) is 9.12. The van der Waals surface area contributed by atoms with Crippen molar-refractivity contribution in [3.63, 3.8) is 0 Å². The summed E-state index contributed by atoms with van der Waals surface area (Å²) in [5, 5.41) is 0. The van der Waals surface area contributed by atoms with E-state index in [0.29, 0.717) is 12.0 Å². The molecule has 3 rings (SSSR count). The van der Waals surface area contributed by atoms with Gasteiger partial charge in [0.05, 0.1) is 17.9 Å². The van der Waals surface area contributed by atoms with Crippen LogP contribution in [0, 0.1) is 0 Å². The van der Waals surface area contributed by atoms with Gasteiger partial charge in [-0.3, -0.25) is 0 Å². The van der Waals surface area contributed by atoms with Gasteiger partial charge in [-0.2, -0.15) is 0 Å². The first-order valence-corrected chi connectivity index (χ1v) is 9.12. The number of methoxy groups -OCH3 is 1. The van der Waals surface area contributed by atoms with Crippen molar-refractivity contribution in [2.75, 3.05) is 13.9 Å². The second-order valence-corrected chi connectivity index (χ2v) is 6.91. The Morgan fingerprint density at radius 1 is 1.21 bits per heavy atom. The average molecular weight is 336 g/mol. The van der Waals surface area contributed by atoms with Crippen molar-refractivity contribution in [2.24, 2.45) is 0 Å². The third kappa shape index (κ3) is 4.19. The zero-order valence-electron chi connectivity index (χ0n) is 14.6. The molecule has 1 unspecified atom stereocenters. The minimum Gasteiger partial charge on any atom is -0.459 e. The number of hydrogen-bond donors (Lipinski definition) is 0. The van der Waals surface area contributed by atoms with Crippen LogP contribution < -0.4 is 0 Å². The molecule has 1 fully saturated rings. The molecule has 1 aliphatic heterocycles. The van der Waals surface area contributed by atoms with Crippen molar-refractivity contribution in [3.8, 4) is 0 Å². The van der Waals surface area contributed by atoms with Crippen molar-refractivity contribution >= 4 is 5.97 Å². The SMILES string of the molecule is COCOC(CC1=COC2(CCCCC2)OC1=O)C1=CCCCC1. The number of hydrogen-bond acceptors (Lipinski definition) is 5. The predicted molar refractivity (Wildman–Crippen MR) is 89.0 cm³/mol. The molecule has 5 heteroatoms. The average Bonchev–Trinajstić information content (AvgIpc) is 2.62. The highest BCUT2D eigenvalue weighted by atomic mass is 16.7. The van der Waals surface area contributed by atoms with E-state index in [9.17, 15) is 4.79 Å². The summed E-state index contributed by atoms with van der Waals surface area (Å²) >= 11 is 0. The fourth-order valence-electron chi connectivity index (χ4n) is 3.73. The number of rotatable bonds is 6. The molecule has 5 nitrogen and oxygen atoms in total. The first kappa shape index (κ1) is 17.5. The molecular formula is C19H28O5. The number of carbonyl (C=O) groups excluding carboxylic acids is 1. The molecule has 0 bridgehead atoms. The standard InChI is InChI=1S/C19H28O5/c1-21-14-22-17(15-8-4-2-5-9-15)12-16-13-23-19(24-18(16)20)10-6-3-7-11-19/h8,13,17H,2-7,9-12,14H2,1H3. The zero-order valence-corrected chi connectivity index (χ0v) is 14.6. The van der Waals surface area contributed by atoms with Gasteiger partial charge in [-0.05, 0) is 44.1 Å². The Morgan fingerprint density at radius 3 is 2.71 bits per heavy atom. The van der Waals surface area contributed by atoms with Gasteiger partial charge in [-0.15, -0.1) is 0 Å². The summed E-state index contributed by atoms with van der Waals surface area (Å²) in [5.41, 5.74) is 1.81. The van der Waals surface area contributed by atoms with Crippen molar-refractivity contribution in [2.45, 2.75) is 76.1 Å². The van der Waals surface area contributed by atoms with Crippen LogP contribution in [0.25, 0.3) is 0 Å². The lowest BCUT2D eigenvalue weighted by atomic mass is 9.91. The Kier molecular flexibility index (Phi) is 5.95. The van der Waals surface area contributed by atoms with Gasteiger partial charge in [0.1, 0.15) is 6.79 Å². The zero-order chi connectivity index (χ0) is 16.8. The van der Waals surface area contributed by atoms with E-state index in [4.69, 9.17) is 18.9 Å². The topological polar surface area (TPSA) is 54.0 Å². The first-order chi connectivity index (χ1) is 11.7. The molecule has 2 aliphatic carbocycles. The largest absolute Gasteiger partial charge is 0.459 e. The van der Waals surface area contributed by atoms with Crippen molar-refractivity contribution in [1.82, 2.24) is 0 Å². The van der Waals surface area contributed by atoms with E-state index in [1.54, 1.807) is 13.4 Å². The quantitative estimate of drug-likeness (QED) is 0.417. The summed E-state index contributed by atoms with van der Waals surface area (Å²) in [6.45, 7) is 0.217. The highest BCUT2D eigenvalue weighted by Gasteiger charge is 2.41. The number of ether oxygens (including phenoxy) is 4. The van der Waals surface area contributed by atoms with E-state index >= 15 is 0 Å². The van der Waals surface area contributed by atoms with E-state index in [-0.39, 0.29) is 18.9 Å². The summed E-state index contributed by atoms with van der Waals surface area (Å²) in [5.74, 6) is -0.975. The monoisotopic (exact) mass is 336 g/mol. The van der Waals surface area contributed by atoms with Gasteiger partial charge in [0.25, 0.3) is 5.79 Å².